The number of amides is 2. The van der Waals surface area contributed by atoms with Crippen molar-refractivity contribution in [1.82, 2.24) is 10.4 Å². The molecule has 1 aliphatic carbocycles. The van der Waals surface area contributed by atoms with E-state index in [-0.39, 0.29) is 29.4 Å². The highest BCUT2D eigenvalue weighted by Crippen LogP contribution is 2.26. The second kappa shape index (κ2) is 6.95. The molecular formula is C11H18N2O5. The van der Waals surface area contributed by atoms with E-state index in [0.717, 1.165) is 6.42 Å². The normalized spacial score (nSPS) is 22.3. The Morgan fingerprint density at radius 1 is 1.50 bits per heavy atom. The Kier molecular flexibility index (Phi) is 5.57. The van der Waals surface area contributed by atoms with Crippen LogP contribution >= 0.6 is 0 Å². The Labute approximate surface area is 105 Å². The van der Waals surface area contributed by atoms with E-state index in [1.54, 1.807) is 6.92 Å². The quantitative estimate of drug-likeness (QED) is 0.295. The Bertz CT molecular complexity index is 321. The molecular weight excluding hydrogens is 240 g/mol. The van der Waals surface area contributed by atoms with E-state index in [1.807, 2.05) is 0 Å². The lowest BCUT2D eigenvalue weighted by Gasteiger charge is -2.20. The van der Waals surface area contributed by atoms with Crippen molar-refractivity contribution in [2.45, 2.75) is 32.2 Å². The molecule has 2 atom stereocenters. The first-order valence-corrected chi connectivity index (χ1v) is 5.95. The molecule has 0 aliphatic heterocycles. The van der Waals surface area contributed by atoms with Crippen molar-refractivity contribution >= 4 is 18.3 Å². The first-order valence-electron chi connectivity index (χ1n) is 5.95. The summed E-state index contributed by atoms with van der Waals surface area (Å²) >= 11 is 0. The molecule has 1 fully saturated rings. The molecule has 0 aromatic carbocycles. The van der Waals surface area contributed by atoms with Crippen molar-refractivity contribution in [3.05, 3.63) is 0 Å². The molecule has 0 spiro atoms. The zero-order valence-corrected chi connectivity index (χ0v) is 10.3. The van der Waals surface area contributed by atoms with Crippen molar-refractivity contribution in [3.8, 4) is 0 Å². The van der Waals surface area contributed by atoms with Crippen molar-refractivity contribution in [2.24, 2.45) is 5.92 Å². The van der Waals surface area contributed by atoms with Gasteiger partial charge in [-0.25, -0.2) is 5.06 Å². The predicted molar refractivity (Wildman–Crippen MR) is 60.5 cm³/mol. The fraction of sp³-hybridized carbons (Fsp3) is 0.727. The van der Waals surface area contributed by atoms with Crippen LogP contribution in [-0.4, -0.2) is 47.8 Å². The predicted octanol–water partition coefficient (Wildman–Crippen LogP) is -0.318. The summed E-state index contributed by atoms with van der Waals surface area (Å²) in [6, 6.07) is -0.281. The summed E-state index contributed by atoms with van der Waals surface area (Å²) in [5.74, 6) is -1.14. The molecule has 1 unspecified atom stereocenters. The van der Waals surface area contributed by atoms with Gasteiger partial charge in [-0.2, -0.15) is 0 Å². The van der Waals surface area contributed by atoms with Gasteiger partial charge in [-0.3, -0.25) is 19.6 Å². The molecule has 102 valence electrons. The first kappa shape index (κ1) is 14.4. The molecule has 0 heterocycles. The zero-order chi connectivity index (χ0) is 13.5. The molecule has 0 bridgehead atoms. The van der Waals surface area contributed by atoms with Gasteiger partial charge in [0, 0.05) is 6.04 Å². The fourth-order valence-electron chi connectivity index (χ4n) is 2.10. The Hall–Kier alpha value is -1.63. The fourth-order valence-corrected chi connectivity index (χ4v) is 2.10. The number of carbonyl (C=O) groups is 3. The van der Waals surface area contributed by atoms with Gasteiger partial charge >= 0.3 is 5.97 Å². The molecule has 0 saturated heterocycles. The van der Waals surface area contributed by atoms with Gasteiger partial charge in [-0.05, 0) is 19.8 Å². The van der Waals surface area contributed by atoms with Crippen LogP contribution in [-0.2, 0) is 19.1 Å². The van der Waals surface area contributed by atoms with E-state index < -0.39 is 12.5 Å². The summed E-state index contributed by atoms with van der Waals surface area (Å²) in [6.07, 6.45) is 2.37. The summed E-state index contributed by atoms with van der Waals surface area (Å²) in [5.41, 5.74) is 0. The van der Waals surface area contributed by atoms with Gasteiger partial charge in [-0.15, -0.1) is 0 Å². The lowest BCUT2D eigenvalue weighted by atomic mass is 10.0. The SMILES string of the molecule is CCOC(=O)C1CCC[C@H]1NC(=O)CN(O)C=O. The summed E-state index contributed by atoms with van der Waals surface area (Å²) in [7, 11) is 0. The van der Waals surface area contributed by atoms with Gasteiger partial charge in [0.25, 0.3) is 0 Å². The highest BCUT2D eigenvalue weighted by Gasteiger charge is 2.35. The highest BCUT2D eigenvalue weighted by atomic mass is 16.5. The smallest absolute Gasteiger partial charge is 0.311 e. The molecule has 0 radical (unpaired) electrons. The van der Waals surface area contributed by atoms with E-state index in [1.165, 1.54) is 0 Å². The summed E-state index contributed by atoms with van der Waals surface area (Å²) in [6.45, 7) is 1.61. The largest absolute Gasteiger partial charge is 0.466 e. The first-order chi connectivity index (χ1) is 8.58. The second-order valence-electron chi connectivity index (χ2n) is 4.17. The Morgan fingerprint density at radius 2 is 2.22 bits per heavy atom. The number of nitrogens with zero attached hydrogens (tertiary/aromatic N) is 1. The maximum Gasteiger partial charge on any atom is 0.311 e. The van der Waals surface area contributed by atoms with Crippen molar-refractivity contribution in [3.63, 3.8) is 0 Å². The van der Waals surface area contributed by atoms with Crippen molar-refractivity contribution in [1.29, 1.82) is 0 Å². The van der Waals surface area contributed by atoms with Gasteiger partial charge in [0.05, 0.1) is 12.5 Å². The maximum atomic E-state index is 11.6. The number of hydroxylamine groups is 2. The van der Waals surface area contributed by atoms with Crippen molar-refractivity contribution < 1.29 is 24.3 Å². The average Bonchev–Trinajstić information content (AvgIpc) is 2.77. The molecule has 2 N–H and O–H groups in total. The lowest BCUT2D eigenvalue weighted by molar-refractivity contribution is -0.156. The third-order valence-corrected chi connectivity index (χ3v) is 2.88. The van der Waals surface area contributed by atoms with Crippen LogP contribution in [0.5, 0.6) is 0 Å². The molecule has 18 heavy (non-hydrogen) atoms. The van der Waals surface area contributed by atoms with Crippen LogP contribution in [0.15, 0.2) is 0 Å². The third-order valence-electron chi connectivity index (χ3n) is 2.88. The number of carbonyl (C=O) groups excluding carboxylic acids is 3. The van der Waals surface area contributed by atoms with Crippen LogP contribution in [0.25, 0.3) is 0 Å². The topological polar surface area (TPSA) is 95.9 Å². The van der Waals surface area contributed by atoms with Gasteiger partial charge in [-0.1, -0.05) is 6.42 Å². The third kappa shape index (κ3) is 3.99. The van der Waals surface area contributed by atoms with Gasteiger partial charge in [0.15, 0.2) is 0 Å². The Morgan fingerprint density at radius 3 is 2.83 bits per heavy atom. The second-order valence-corrected chi connectivity index (χ2v) is 4.17. The van der Waals surface area contributed by atoms with Crippen LogP contribution < -0.4 is 5.32 Å². The minimum absolute atomic E-state index is 0.150. The van der Waals surface area contributed by atoms with Gasteiger partial charge in [0.2, 0.25) is 12.3 Å². The zero-order valence-electron chi connectivity index (χ0n) is 10.3. The van der Waals surface area contributed by atoms with Gasteiger partial charge in [0.1, 0.15) is 6.54 Å². The van der Waals surface area contributed by atoms with E-state index in [4.69, 9.17) is 9.94 Å². The maximum absolute atomic E-state index is 11.6. The average molecular weight is 258 g/mol. The van der Waals surface area contributed by atoms with E-state index in [2.05, 4.69) is 5.32 Å². The van der Waals surface area contributed by atoms with Crippen LogP contribution in [0.2, 0.25) is 0 Å². The molecule has 1 rings (SSSR count). The monoisotopic (exact) mass is 258 g/mol. The Balaban J connectivity index is 2.47. The number of hydrogen-bond acceptors (Lipinski definition) is 5. The number of nitrogens with one attached hydrogen (secondary N) is 1. The van der Waals surface area contributed by atoms with Crippen LogP contribution in [0.4, 0.5) is 0 Å². The molecule has 7 nitrogen and oxygen atoms in total. The van der Waals surface area contributed by atoms with E-state index >= 15 is 0 Å². The number of esters is 1. The minimum Gasteiger partial charge on any atom is -0.466 e. The standard InChI is InChI=1S/C11H18N2O5/c1-2-18-11(16)8-4-3-5-9(8)12-10(15)6-13(17)7-14/h7-9,17H,2-6H2,1H3,(H,12,15)/t8?,9-/m1/s1. The number of ether oxygens (including phenoxy) is 1. The summed E-state index contributed by atoms with van der Waals surface area (Å²) in [4.78, 5) is 33.3. The molecule has 0 aromatic heterocycles. The molecule has 7 heteroatoms. The molecule has 2 amide bonds. The van der Waals surface area contributed by atoms with E-state index in [0.29, 0.717) is 19.4 Å². The van der Waals surface area contributed by atoms with Gasteiger partial charge < -0.3 is 10.1 Å². The lowest BCUT2D eigenvalue weighted by Crippen LogP contribution is -2.44. The molecule has 0 aromatic rings. The van der Waals surface area contributed by atoms with E-state index in [9.17, 15) is 14.4 Å². The number of rotatable bonds is 6. The highest BCUT2D eigenvalue weighted by molar-refractivity contribution is 5.81. The minimum atomic E-state index is -0.495. The summed E-state index contributed by atoms with van der Waals surface area (Å²) in [5, 5.41) is 11.8. The number of hydrogen-bond donors (Lipinski definition) is 2. The molecule has 1 saturated carbocycles. The van der Waals surface area contributed by atoms with Crippen LogP contribution in [0.1, 0.15) is 26.2 Å². The van der Waals surface area contributed by atoms with Crippen molar-refractivity contribution in [2.75, 3.05) is 13.2 Å². The van der Waals surface area contributed by atoms with Crippen LogP contribution in [0, 0.1) is 5.92 Å². The molecule has 1 aliphatic rings. The summed E-state index contributed by atoms with van der Waals surface area (Å²) < 4.78 is 4.93. The van der Waals surface area contributed by atoms with Crippen LogP contribution in [0.3, 0.4) is 0 Å².